The van der Waals surface area contributed by atoms with E-state index < -0.39 is 4.92 Å². The van der Waals surface area contributed by atoms with Crippen molar-refractivity contribution in [2.45, 2.75) is 25.0 Å². The Kier molecular flexibility index (Phi) is 3.00. The summed E-state index contributed by atoms with van der Waals surface area (Å²) in [6.45, 7) is 0. The van der Waals surface area contributed by atoms with Crippen LogP contribution in [0.3, 0.4) is 0 Å². The topological polar surface area (TPSA) is 77.3 Å². The zero-order valence-electron chi connectivity index (χ0n) is 8.92. The lowest BCUT2D eigenvalue weighted by Gasteiger charge is -2.34. The number of anilines is 1. The smallest absolute Gasteiger partial charge is 0.274 e. The summed E-state index contributed by atoms with van der Waals surface area (Å²) in [5.41, 5.74) is 0.0557. The maximum atomic E-state index is 10.6. The van der Waals surface area contributed by atoms with E-state index in [1.54, 1.807) is 7.11 Å². The van der Waals surface area contributed by atoms with Crippen molar-refractivity contribution in [3.63, 3.8) is 0 Å². The van der Waals surface area contributed by atoms with Gasteiger partial charge < -0.3 is 10.1 Å². The Labute approximate surface area is 92.8 Å². The Morgan fingerprint density at radius 2 is 2.38 bits per heavy atom. The van der Waals surface area contributed by atoms with Gasteiger partial charge in [0.1, 0.15) is 5.82 Å². The number of rotatable bonds is 4. The largest absolute Gasteiger partial charge is 0.381 e. The van der Waals surface area contributed by atoms with Crippen molar-refractivity contribution in [1.29, 1.82) is 0 Å². The normalized spacial score (nSPS) is 23.6. The van der Waals surface area contributed by atoms with Crippen LogP contribution in [0, 0.1) is 10.1 Å². The van der Waals surface area contributed by atoms with Gasteiger partial charge in [0, 0.05) is 25.4 Å². The molecule has 6 heteroatoms. The predicted octanol–water partition coefficient (Wildman–Crippen LogP) is 1.58. The Hall–Kier alpha value is -1.69. The first-order valence-electron chi connectivity index (χ1n) is 5.09. The fourth-order valence-electron chi connectivity index (χ4n) is 1.70. The Morgan fingerprint density at radius 1 is 1.62 bits per heavy atom. The fraction of sp³-hybridized carbons (Fsp3) is 0.500. The third-order valence-corrected chi connectivity index (χ3v) is 2.73. The van der Waals surface area contributed by atoms with Crippen LogP contribution in [-0.4, -0.2) is 29.2 Å². The van der Waals surface area contributed by atoms with Crippen molar-refractivity contribution in [2.24, 2.45) is 0 Å². The molecular weight excluding hydrogens is 210 g/mol. The van der Waals surface area contributed by atoms with Crippen molar-refractivity contribution in [3.05, 3.63) is 28.4 Å². The van der Waals surface area contributed by atoms with Crippen molar-refractivity contribution in [1.82, 2.24) is 4.98 Å². The van der Waals surface area contributed by atoms with E-state index in [-0.39, 0.29) is 5.69 Å². The molecule has 1 fully saturated rings. The van der Waals surface area contributed by atoms with E-state index in [4.69, 9.17) is 4.74 Å². The standard InChI is InChI=1S/C10H13N3O3/c1-16-9-4-7(5-9)12-10-6-8(13(14)15)2-3-11-10/h2-3,6-7,9H,4-5H2,1H3,(H,11,12). The van der Waals surface area contributed by atoms with Gasteiger partial charge in [-0.3, -0.25) is 10.1 Å². The van der Waals surface area contributed by atoms with Crippen LogP contribution in [-0.2, 0) is 4.74 Å². The SMILES string of the molecule is COC1CC(Nc2cc([N+](=O)[O-])ccn2)C1. The average Bonchev–Trinajstić information content (AvgIpc) is 2.23. The molecule has 0 atom stereocenters. The van der Waals surface area contributed by atoms with Crippen LogP contribution in [0.4, 0.5) is 11.5 Å². The minimum Gasteiger partial charge on any atom is -0.381 e. The van der Waals surface area contributed by atoms with Gasteiger partial charge in [0.2, 0.25) is 0 Å². The predicted molar refractivity (Wildman–Crippen MR) is 58.3 cm³/mol. The molecule has 2 rings (SSSR count). The highest BCUT2D eigenvalue weighted by Crippen LogP contribution is 2.26. The molecule has 1 aliphatic carbocycles. The van der Waals surface area contributed by atoms with Crippen LogP contribution in [0.5, 0.6) is 0 Å². The molecule has 0 aromatic carbocycles. The summed E-state index contributed by atoms with van der Waals surface area (Å²) in [6, 6.07) is 3.13. The van der Waals surface area contributed by atoms with E-state index >= 15 is 0 Å². The van der Waals surface area contributed by atoms with Gasteiger partial charge in [-0.2, -0.15) is 0 Å². The number of aromatic nitrogens is 1. The number of nitro groups is 1. The molecule has 6 nitrogen and oxygen atoms in total. The molecule has 0 amide bonds. The Balaban J connectivity index is 1.95. The molecular formula is C10H13N3O3. The van der Waals surface area contributed by atoms with Gasteiger partial charge in [0.05, 0.1) is 17.1 Å². The molecule has 1 aromatic rings. The van der Waals surface area contributed by atoms with Crippen LogP contribution in [0.1, 0.15) is 12.8 Å². The van der Waals surface area contributed by atoms with Crippen molar-refractivity contribution >= 4 is 11.5 Å². The first kappa shape index (κ1) is 10.8. The summed E-state index contributed by atoms with van der Waals surface area (Å²) in [7, 11) is 1.69. The van der Waals surface area contributed by atoms with Crippen molar-refractivity contribution in [3.8, 4) is 0 Å². The third kappa shape index (κ3) is 2.27. The monoisotopic (exact) mass is 223 g/mol. The first-order valence-corrected chi connectivity index (χ1v) is 5.09. The minimum absolute atomic E-state index is 0.0557. The summed E-state index contributed by atoms with van der Waals surface area (Å²) < 4.78 is 5.15. The van der Waals surface area contributed by atoms with E-state index in [9.17, 15) is 10.1 Å². The van der Waals surface area contributed by atoms with Gasteiger partial charge in [-0.1, -0.05) is 0 Å². The number of pyridine rings is 1. The molecule has 0 unspecified atom stereocenters. The van der Waals surface area contributed by atoms with Gasteiger partial charge in [0.25, 0.3) is 5.69 Å². The van der Waals surface area contributed by atoms with E-state index in [2.05, 4.69) is 10.3 Å². The molecule has 0 aliphatic heterocycles. The molecule has 1 heterocycles. The second kappa shape index (κ2) is 4.44. The number of nitrogens with zero attached hydrogens (tertiary/aromatic N) is 2. The molecule has 0 bridgehead atoms. The zero-order valence-corrected chi connectivity index (χ0v) is 8.92. The van der Waals surface area contributed by atoms with Crippen LogP contribution < -0.4 is 5.32 Å². The van der Waals surface area contributed by atoms with Crippen LogP contribution in [0.15, 0.2) is 18.3 Å². The highest BCUT2D eigenvalue weighted by atomic mass is 16.6. The van der Waals surface area contributed by atoms with Crippen molar-refractivity contribution in [2.75, 3.05) is 12.4 Å². The molecule has 86 valence electrons. The third-order valence-electron chi connectivity index (χ3n) is 2.73. The highest BCUT2D eigenvalue weighted by molar-refractivity contribution is 5.45. The summed E-state index contributed by atoms with van der Waals surface area (Å²) in [4.78, 5) is 14.2. The average molecular weight is 223 g/mol. The number of nitrogens with one attached hydrogen (secondary N) is 1. The fourth-order valence-corrected chi connectivity index (χ4v) is 1.70. The summed E-state index contributed by atoms with van der Waals surface area (Å²) in [5, 5.41) is 13.7. The van der Waals surface area contributed by atoms with Crippen molar-refractivity contribution < 1.29 is 9.66 Å². The molecule has 1 saturated carbocycles. The lowest BCUT2D eigenvalue weighted by molar-refractivity contribution is -0.384. The lowest BCUT2D eigenvalue weighted by Crippen LogP contribution is -2.40. The van der Waals surface area contributed by atoms with E-state index in [0.29, 0.717) is 18.0 Å². The van der Waals surface area contributed by atoms with Crippen LogP contribution in [0.25, 0.3) is 0 Å². The van der Waals surface area contributed by atoms with Gasteiger partial charge in [0.15, 0.2) is 0 Å². The van der Waals surface area contributed by atoms with Gasteiger partial charge in [-0.15, -0.1) is 0 Å². The second-order valence-corrected chi connectivity index (χ2v) is 3.83. The maximum absolute atomic E-state index is 10.6. The number of hydrogen-bond acceptors (Lipinski definition) is 5. The van der Waals surface area contributed by atoms with Crippen LogP contribution >= 0.6 is 0 Å². The van der Waals surface area contributed by atoms with Gasteiger partial charge >= 0.3 is 0 Å². The molecule has 1 N–H and O–H groups in total. The number of hydrogen-bond donors (Lipinski definition) is 1. The van der Waals surface area contributed by atoms with E-state index in [1.165, 1.54) is 18.3 Å². The zero-order chi connectivity index (χ0) is 11.5. The van der Waals surface area contributed by atoms with Gasteiger partial charge in [-0.05, 0) is 12.8 Å². The summed E-state index contributed by atoms with van der Waals surface area (Å²) >= 11 is 0. The number of ether oxygens (including phenoxy) is 1. The Morgan fingerprint density at radius 3 is 3.00 bits per heavy atom. The molecule has 1 aliphatic rings. The first-order chi connectivity index (χ1) is 7.69. The minimum atomic E-state index is -0.425. The second-order valence-electron chi connectivity index (χ2n) is 3.83. The summed E-state index contributed by atoms with van der Waals surface area (Å²) in [6.07, 6.45) is 3.57. The molecule has 0 saturated heterocycles. The molecule has 16 heavy (non-hydrogen) atoms. The molecule has 0 radical (unpaired) electrons. The lowest BCUT2D eigenvalue weighted by atomic mass is 9.89. The maximum Gasteiger partial charge on any atom is 0.274 e. The van der Waals surface area contributed by atoms with E-state index in [1.807, 2.05) is 0 Å². The Bertz CT molecular complexity index is 391. The van der Waals surface area contributed by atoms with Crippen LogP contribution in [0.2, 0.25) is 0 Å². The quantitative estimate of drug-likeness (QED) is 0.619. The number of methoxy groups -OCH3 is 1. The molecule has 1 aromatic heterocycles. The van der Waals surface area contributed by atoms with E-state index in [0.717, 1.165) is 12.8 Å². The van der Waals surface area contributed by atoms with Gasteiger partial charge in [-0.25, -0.2) is 4.98 Å². The summed E-state index contributed by atoms with van der Waals surface area (Å²) in [5.74, 6) is 0.550. The highest BCUT2D eigenvalue weighted by Gasteiger charge is 2.29. The molecule has 0 spiro atoms.